The minimum Gasteiger partial charge on any atom is -0.235 e. The molecule has 2 aromatic heterocycles. The van der Waals surface area contributed by atoms with E-state index < -0.39 is 6.43 Å². The highest BCUT2D eigenvalue weighted by atomic mass is 19.3. The van der Waals surface area contributed by atoms with Crippen molar-refractivity contribution in [1.82, 2.24) is 20.0 Å². The second-order valence-electron chi connectivity index (χ2n) is 3.04. The van der Waals surface area contributed by atoms with Gasteiger partial charge in [0.25, 0.3) is 6.43 Å². The van der Waals surface area contributed by atoms with Crippen LogP contribution in [0.25, 0.3) is 5.82 Å². The number of nitrogens with zero attached hydrogens (tertiary/aromatic N) is 4. The number of alkyl halides is 2. The second kappa shape index (κ2) is 3.72. The largest absolute Gasteiger partial charge is 0.267 e. The van der Waals surface area contributed by atoms with Crippen LogP contribution >= 0.6 is 0 Å². The minimum absolute atomic E-state index is 0.0700. The number of aromatic nitrogens is 4. The Balaban J connectivity index is 2.56. The van der Waals surface area contributed by atoms with Crippen molar-refractivity contribution in [2.75, 3.05) is 0 Å². The normalized spacial score (nSPS) is 10.9. The molecule has 0 aliphatic heterocycles. The summed E-state index contributed by atoms with van der Waals surface area (Å²) in [6.45, 7) is 1.71. The molecule has 2 aromatic rings. The monoisotopic (exact) mass is 210 g/mol. The SMILES string of the molecule is Cc1cnc(-n2nccn2)c(C(F)F)c1. The Labute approximate surface area is 84.6 Å². The van der Waals surface area contributed by atoms with Crippen molar-refractivity contribution < 1.29 is 8.78 Å². The highest BCUT2D eigenvalue weighted by Gasteiger charge is 2.16. The smallest absolute Gasteiger partial charge is 0.235 e. The summed E-state index contributed by atoms with van der Waals surface area (Å²) in [4.78, 5) is 4.98. The van der Waals surface area contributed by atoms with Crippen LogP contribution in [0.4, 0.5) is 8.78 Å². The van der Waals surface area contributed by atoms with E-state index in [1.165, 1.54) is 24.7 Å². The van der Waals surface area contributed by atoms with E-state index in [0.717, 1.165) is 4.80 Å². The van der Waals surface area contributed by atoms with Gasteiger partial charge in [-0.25, -0.2) is 13.8 Å². The molecule has 0 saturated carbocycles. The Kier molecular flexibility index (Phi) is 2.40. The lowest BCUT2D eigenvalue weighted by molar-refractivity contribution is 0.150. The number of hydrogen-bond donors (Lipinski definition) is 0. The zero-order chi connectivity index (χ0) is 10.8. The Morgan fingerprint density at radius 1 is 1.27 bits per heavy atom. The highest BCUT2D eigenvalue weighted by molar-refractivity contribution is 5.35. The van der Waals surface area contributed by atoms with Crippen LogP contribution in [0, 0.1) is 6.92 Å². The van der Waals surface area contributed by atoms with Crippen molar-refractivity contribution in [1.29, 1.82) is 0 Å². The summed E-state index contributed by atoms with van der Waals surface area (Å²) >= 11 is 0. The molecule has 0 aliphatic carbocycles. The van der Waals surface area contributed by atoms with Crippen LogP contribution in [0.3, 0.4) is 0 Å². The summed E-state index contributed by atoms with van der Waals surface area (Å²) < 4.78 is 25.4. The van der Waals surface area contributed by atoms with Crippen LogP contribution in [0.15, 0.2) is 24.7 Å². The Bertz CT molecular complexity index is 453. The van der Waals surface area contributed by atoms with E-state index >= 15 is 0 Å². The number of hydrogen-bond acceptors (Lipinski definition) is 3. The standard InChI is InChI=1S/C9H8F2N4/c1-6-4-7(8(10)11)9(12-5-6)15-13-2-3-14-15/h2-5,8H,1H3. The first-order valence-electron chi connectivity index (χ1n) is 4.30. The van der Waals surface area contributed by atoms with Crippen molar-refractivity contribution in [2.24, 2.45) is 0 Å². The van der Waals surface area contributed by atoms with Gasteiger partial charge in [0, 0.05) is 6.20 Å². The van der Waals surface area contributed by atoms with Gasteiger partial charge in [-0.1, -0.05) is 0 Å². The topological polar surface area (TPSA) is 43.6 Å². The zero-order valence-electron chi connectivity index (χ0n) is 7.93. The first kappa shape index (κ1) is 9.70. The highest BCUT2D eigenvalue weighted by Crippen LogP contribution is 2.23. The summed E-state index contributed by atoms with van der Waals surface area (Å²) in [5, 5.41) is 7.54. The van der Waals surface area contributed by atoms with E-state index in [1.807, 2.05) is 0 Å². The number of aryl methyl sites for hydroxylation is 1. The molecule has 0 amide bonds. The molecule has 0 atom stereocenters. The van der Waals surface area contributed by atoms with Gasteiger partial charge in [0.05, 0.1) is 18.0 Å². The van der Waals surface area contributed by atoms with Crippen molar-refractivity contribution in [3.8, 4) is 5.82 Å². The van der Waals surface area contributed by atoms with Gasteiger partial charge in [-0.3, -0.25) is 0 Å². The molecule has 0 bridgehead atoms. The average molecular weight is 210 g/mol. The molecule has 15 heavy (non-hydrogen) atoms. The molecule has 0 spiro atoms. The zero-order valence-corrected chi connectivity index (χ0v) is 7.93. The van der Waals surface area contributed by atoms with Crippen LogP contribution in [-0.4, -0.2) is 20.0 Å². The molecule has 78 valence electrons. The lowest BCUT2D eigenvalue weighted by atomic mass is 10.2. The summed E-state index contributed by atoms with van der Waals surface area (Å²) in [5.74, 6) is 0.0700. The van der Waals surface area contributed by atoms with E-state index in [2.05, 4.69) is 15.2 Å². The van der Waals surface area contributed by atoms with E-state index in [0.29, 0.717) is 5.56 Å². The molecule has 4 nitrogen and oxygen atoms in total. The third-order valence-corrected chi connectivity index (χ3v) is 1.88. The molecule has 6 heteroatoms. The first-order chi connectivity index (χ1) is 7.18. The number of pyridine rings is 1. The van der Waals surface area contributed by atoms with Gasteiger partial charge >= 0.3 is 0 Å². The summed E-state index contributed by atoms with van der Waals surface area (Å²) in [6.07, 6.45) is 1.75. The molecule has 0 unspecified atom stereocenters. The van der Waals surface area contributed by atoms with E-state index in [-0.39, 0.29) is 11.4 Å². The van der Waals surface area contributed by atoms with E-state index in [1.54, 1.807) is 6.92 Å². The molecule has 2 heterocycles. The van der Waals surface area contributed by atoms with Gasteiger partial charge in [-0.05, 0) is 18.6 Å². The minimum atomic E-state index is -2.58. The maximum absolute atomic E-state index is 12.7. The third kappa shape index (κ3) is 1.83. The van der Waals surface area contributed by atoms with Gasteiger partial charge in [0.15, 0.2) is 5.82 Å². The van der Waals surface area contributed by atoms with Crippen LogP contribution in [0.5, 0.6) is 0 Å². The predicted molar refractivity (Wildman–Crippen MR) is 48.8 cm³/mol. The maximum atomic E-state index is 12.7. The summed E-state index contributed by atoms with van der Waals surface area (Å²) in [7, 11) is 0. The summed E-state index contributed by atoms with van der Waals surface area (Å²) in [6, 6.07) is 1.39. The van der Waals surface area contributed by atoms with Crippen molar-refractivity contribution in [3.63, 3.8) is 0 Å². The van der Waals surface area contributed by atoms with Crippen molar-refractivity contribution >= 4 is 0 Å². The predicted octanol–water partition coefficient (Wildman–Crippen LogP) is 1.91. The first-order valence-corrected chi connectivity index (χ1v) is 4.30. The van der Waals surface area contributed by atoms with Gasteiger partial charge < -0.3 is 0 Å². The lowest BCUT2D eigenvalue weighted by Crippen LogP contribution is -2.06. The molecule has 0 radical (unpaired) electrons. The molecular weight excluding hydrogens is 202 g/mol. The molecule has 0 aromatic carbocycles. The van der Waals surface area contributed by atoms with Crippen molar-refractivity contribution in [2.45, 2.75) is 13.3 Å². The van der Waals surface area contributed by atoms with Crippen molar-refractivity contribution in [3.05, 3.63) is 35.8 Å². The Hall–Kier alpha value is -1.85. The molecule has 0 saturated heterocycles. The molecule has 0 aliphatic rings. The van der Waals surface area contributed by atoms with Crippen LogP contribution in [-0.2, 0) is 0 Å². The average Bonchev–Trinajstić information content (AvgIpc) is 2.70. The maximum Gasteiger partial charge on any atom is 0.267 e. The fourth-order valence-corrected chi connectivity index (χ4v) is 1.24. The van der Waals surface area contributed by atoms with Gasteiger partial charge in [0.2, 0.25) is 0 Å². The summed E-state index contributed by atoms with van der Waals surface area (Å²) in [5.41, 5.74) is 0.521. The second-order valence-corrected chi connectivity index (χ2v) is 3.04. The lowest BCUT2D eigenvalue weighted by Gasteiger charge is -2.06. The molecular formula is C9H8F2N4. The molecule has 2 rings (SSSR count). The molecule has 0 N–H and O–H groups in total. The van der Waals surface area contributed by atoms with Crippen LogP contribution in [0.1, 0.15) is 17.6 Å². The Morgan fingerprint density at radius 3 is 2.53 bits per heavy atom. The van der Waals surface area contributed by atoms with E-state index in [9.17, 15) is 8.78 Å². The Morgan fingerprint density at radius 2 is 1.93 bits per heavy atom. The van der Waals surface area contributed by atoms with Crippen LogP contribution in [0.2, 0.25) is 0 Å². The quantitative estimate of drug-likeness (QED) is 0.760. The fourth-order valence-electron chi connectivity index (χ4n) is 1.24. The van der Waals surface area contributed by atoms with E-state index in [4.69, 9.17) is 0 Å². The van der Waals surface area contributed by atoms with Crippen LogP contribution < -0.4 is 0 Å². The van der Waals surface area contributed by atoms with Gasteiger partial charge in [0.1, 0.15) is 0 Å². The van der Waals surface area contributed by atoms with Gasteiger partial charge in [-0.15, -0.1) is 4.80 Å². The number of rotatable bonds is 2. The molecule has 0 fully saturated rings. The van der Waals surface area contributed by atoms with Gasteiger partial charge in [-0.2, -0.15) is 10.2 Å². The number of halogens is 2. The third-order valence-electron chi connectivity index (χ3n) is 1.88. The fraction of sp³-hybridized carbons (Fsp3) is 0.222.